The van der Waals surface area contributed by atoms with E-state index in [-0.39, 0.29) is 23.6 Å². The minimum absolute atomic E-state index is 0.0308. The fraction of sp³-hybridized carbons (Fsp3) is 0.214. The predicted octanol–water partition coefficient (Wildman–Crippen LogP) is 1.39. The van der Waals surface area contributed by atoms with Gasteiger partial charge < -0.3 is 5.32 Å². The zero-order valence-electron chi connectivity index (χ0n) is 12.0. The molecule has 8 heteroatoms. The van der Waals surface area contributed by atoms with Crippen LogP contribution in [0.25, 0.3) is 0 Å². The van der Waals surface area contributed by atoms with Crippen LogP contribution in [0, 0.1) is 10.1 Å². The Hall–Kier alpha value is -3.03. The number of hydrogen-bond donors (Lipinski definition) is 2. The van der Waals surface area contributed by atoms with Crippen molar-refractivity contribution in [1.82, 2.24) is 10.7 Å². The minimum atomic E-state index is -0.588. The number of amides is 2. The lowest BCUT2D eigenvalue weighted by atomic mass is 10.2. The molecule has 0 fully saturated rings. The zero-order valence-corrected chi connectivity index (χ0v) is 12.0. The molecule has 0 bridgehead atoms. The van der Waals surface area contributed by atoms with Crippen molar-refractivity contribution in [3.05, 3.63) is 52.6 Å². The third kappa shape index (κ3) is 5.53. The first-order chi connectivity index (χ1) is 10.4. The molecule has 0 aromatic heterocycles. The molecule has 0 heterocycles. The van der Waals surface area contributed by atoms with Gasteiger partial charge in [-0.3, -0.25) is 19.7 Å². The fourth-order valence-electron chi connectivity index (χ4n) is 1.49. The number of nitro benzene ring substituents is 1. The number of benzene rings is 1. The summed E-state index contributed by atoms with van der Waals surface area (Å²) >= 11 is 0. The average Bonchev–Trinajstić information content (AvgIpc) is 2.50. The van der Waals surface area contributed by atoms with Crippen LogP contribution in [0.1, 0.15) is 23.7 Å². The Morgan fingerprint density at radius 1 is 1.45 bits per heavy atom. The Labute approximate surface area is 127 Å². The third-order valence-electron chi connectivity index (χ3n) is 2.53. The number of hydrazone groups is 1. The third-order valence-corrected chi connectivity index (χ3v) is 2.53. The van der Waals surface area contributed by atoms with Gasteiger partial charge in [0.05, 0.1) is 11.3 Å². The molecule has 0 radical (unpaired) electrons. The van der Waals surface area contributed by atoms with Crippen LogP contribution in [0.4, 0.5) is 5.69 Å². The molecule has 116 valence electrons. The highest BCUT2D eigenvalue weighted by Gasteiger charge is 2.11. The molecule has 0 saturated carbocycles. The van der Waals surface area contributed by atoms with Crippen molar-refractivity contribution in [2.24, 2.45) is 5.10 Å². The summed E-state index contributed by atoms with van der Waals surface area (Å²) in [5, 5.41) is 17.0. The maximum Gasteiger partial charge on any atom is 0.271 e. The molecule has 1 rings (SSSR count). The Bertz CT molecular complexity index is 625. The summed E-state index contributed by atoms with van der Waals surface area (Å²) < 4.78 is 0. The van der Waals surface area contributed by atoms with Gasteiger partial charge in [0.25, 0.3) is 11.6 Å². The van der Waals surface area contributed by atoms with E-state index in [1.54, 1.807) is 13.0 Å². The molecule has 1 aromatic rings. The van der Waals surface area contributed by atoms with E-state index >= 15 is 0 Å². The molecule has 0 spiro atoms. The molecule has 0 aliphatic carbocycles. The van der Waals surface area contributed by atoms with Crippen LogP contribution in [0.2, 0.25) is 0 Å². The van der Waals surface area contributed by atoms with Gasteiger partial charge in [-0.25, -0.2) is 5.43 Å². The minimum Gasteiger partial charge on any atom is -0.352 e. The summed E-state index contributed by atoms with van der Waals surface area (Å²) in [5.74, 6) is -0.833. The van der Waals surface area contributed by atoms with Gasteiger partial charge in [-0.1, -0.05) is 12.1 Å². The largest absolute Gasteiger partial charge is 0.352 e. The van der Waals surface area contributed by atoms with Crippen molar-refractivity contribution in [2.45, 2.75) is 13.3 Å². The molecule has 2 amide bonds. The van der Waals surface area contributed by atoms with Gasteiger partial charge in [0.2, 0.25) is 5.91 Å². The highest BCUT2D eigenvalue weighted by molar-refractivity contribution is 6.01. The topological polar surface area (TPSA) is 114 Å². The van der Waals surface area contributed by atoms with E-state index < -0.39 is 10.8 Å². The van der Waals surface area contributed by atoms with Crippen molar-refractivity contribution in [2.75, 3.05) is 6.54 Å². The quantitative estimate of drug-likeness (QED) is 0.343. The lowest BCUT2D eigenvalue weighted by molar-refractivity contribution is -0.384. The standard InChI is InChI=1S/C14H16N4O4/c1-3-7-15-13(19)8-10(2)16-17-14(20)11-5-4-6-12(9-11)18(21)22/h3-6,9H,1,7-8H2,2H3,(H,15,19)(H,17,20)/b16-10-. The molecule has 0 atom stereocenters. The van der Waals surface area contributed by atoms with Crippen molar-refractivity contribution in [1.29, 1.82) is 0 Å². The van der Waals surface area contributed by atoms with E-state index in [9.17, 15) is 19.7 Å². The zero-order chi connectivity index (χ0) is 16.5. The smallest absolute Gasteiger partial charge is 0.271 e. The molecular formula is C14H16N4O4. The summed E-state index contributed by atoms with van der Waals surface area (Å²) in [4.78, 5) is 33.3. The molecule has 0 aliphatic heterocycles. The summed E-state index contributed by atoms with van der Waals surface area (Å²) in [6, 6.07) is 5.28. The lowest BCUT2D eigenvalue weighted by Crippen LogP contribution is -2.26. The van der Waals surface area contributed by atoms with Gasteiger partial charge in [-0.15, -0.1) is 6.58 Å². The van der Waals surface area contributed by atoms with E-state index in [4.69, 9.17) is 0 Å². The second-order valence-corrected chi connectivity index (χ2v) is 4.36. The van der Waals surface area contributed by atoms with Crippen LogP contribution in [0.5, 0.6) is 0 Å². The lowest BCUT2D eigenvalue weighted by Gasteiger charge is -2.03. The number of hydrogen-bond acceptors (Lipinski definition) is 5. The van der Waals surface area contributed by atoms with E-state index in [0.717, 1.165) is 6.07 Å². The highest BCUT2D eigenvalue weighted by Crippen LogP contribution is 2.12. The number of rotatable bonds is 7. The Morgan fingerprint density at radius 2 is 2.18 bits per heavy atom. The summed E-state index contributed by atoms with van der Waals surface area (Å²) in [5.41, 5.74) is 2.59. The van der Waals surface area contributed by atoms with Crippen LogP contribution >= 0.6 is 0 Å². The fourth-order valence-corrected chi connectivity index (χ4v) is 1.49. The first-order valence-corrected chi connectivity index (χ1v) is 6.39. The molecular weight excluding hydrogens is 288 g/mol. The van der Waals surface area contributed by atoms with Gasteiger partial charge in [0.15, 0.2) is 0 Å². The first kappa shape index (κ1) is 17.0. The summed E-state index contributed by atoms with van der Waals surface area (Å²) in [7, 11) is 0. The van der Waals surface area contributed by atoms with Gasteiger partial charge in [-0.2, -0.15) is 5.10 Å². The number of nitrogens with one attached hydrogen (secondary N) is 2. The van der Waals surface area contributed by atoms with Crippen LogP contribution in [0.3, 0.4) is 0 Å². The van der Waals surface area contributed by atoms with Crippen molar-refractivity contribution in [3.8, 4) is 0 Å². The maximum atomic E-state index is 11.8. The Balaban J connectivity index is 2.62. The second-order valence-electron chi connectivity index (χ2n) is 4.36. The second kappa shape index (κ2) is 8.30. The SMILES string of the molecule is C=CCNC(=O)C/C(C)=N\NC(=O)c1cccc([N+](=O)[O-])c1. The van der Waals surface area contributed by atoms with Crippen LogP contribution in [-0.2, 0) is 4.79 Å². The van der Waals surface area contributed by atoms with E-state index in [1.807, 2.05) is 0 Å². The number of nitro groups is 1. The van der Waals surface area contributed by atoms with Crippen LogP contribution < -0.4 is 10.7 Å². The van der Waals surface area contributed by atoms with Crippen LogP contribution in [-0.4, -0.2) is 29.0 Å². The number of carbonyl (C=O) groups excluding carboxylic acids is 2. The molecule has 0 saturated heterocycles. The Kier molecular flexibility index (Phi) is 6.42. The van der Waals surface area contributed by atoms with Gasteiger partial charge in [-0.05, 0) is 13.0 Å². The van der Waals surface area contributed by atoms with Crippen molar-refractivity contribution in [3.63, 3.8) is 0 Å². The number of nitrogens with zero attached hydrogens (tertiary/aromatic N) is 2. The Morgan fingerprint density at radius 3 is 2.82 bits per heavy atom. The molecule has 0 unspecified atom stereocenters. The number of carbonyl (C=O) groups is 2. The van der Waals surface area contributed by atoms with Crippen molar-refractivity contribution < 1.29 is 14.5 Å². The average molecular weight is 304 g/mol. The molecule has 0 aliphatic rings. The predicted molar refractivity (Wildman–Crippen MR) is 81.5 cm³/mol. The van der Waals surface area contributed by atoms with Gasteiger partial charge in [0.1, 0.15) is 0 Å². The highest BCUT2D eigenvalue weighted by atomic mass is 16.6. The van der Waals surface area contributed by atoms with Crippen LogP contribution in [0.15, 0.2) is 42.0 Å². The number of non-ortho nitro benzene ring substituents is 1. The molecule has 1 aromatic carbocycles. The van der Waals surface area contributed by atoms with Crippen molar-refractivity contribution >= 4 is 23.2 Å². The van der Waals surface area contributed by atoms with E-state index in [1.165, 1.54) is 18.2 Å². The molecule has 8 nitrogen and oxygen atoms in total. The molecule has 22 heavy (non-hydrogen) atoms. The first-order valence-electron chi connectivity index (χ1n) is 6.39. The van der Waals surface area contributed by atoms with E-state index in [2.05, 4.69) is 22.4 Å². The normalized spacial score (nSPS) is 10.7. The van der Waals surface area contributed by atoms with E-state index in [0.29, 0.717) is 12.3 Å². The van der Waals surface area contributed by atoms with Gasteiger partial charge >= 0.3 is 0 Å². The van der Waals surface area contributed by atoms with Gasteiger partial charge in [0, 0.05) is 30.0 Å². The maximum absolute atomic E-state index is 11.8. The summed E-state index contributed by atoms with van der Waals surface area (Å²) in [6.07, 6.45) is 1.58. The monoisotopic (exact) mass is 304 g/mol. The summed E-state index contributed by atoms with van der Waals surface area (Å²) in [6.45, 7) is 5.41. The molecule has 2 N–H and O–H groups in total.